The summed E-state index contributed by atoms with van der Waals surface area (Å²) in [6.07, 6.45) is 5.49. The number of urea groups is 1. The average Bonchev–Trinajstić information content (AvgIpc) is 3.10. The smallest absolute Gasteiger partial charge is 0.315 e. The fourth-order valence-electron chi connectivity index (χ4n) is 3.07. The fourth-order valence-corrected chi connectivity index (χ4v) is 3.07. The maximum Gasteiger partial charge on any atom is 0.315 e. The fraction of sp³-hybridized carbons (Fsp3) is 0.412. The molecule has 1 heterocycles. The summed E-state index contributed by atoms with van der Waals surface area (Å²) in [5.74, 6) is 0. The average molecular weight is 296 g/mol. The molecule has 1 fully saturated rings. The van der Waals surface area contributed by atoms with Gasteiger partial charge < -0.3 is 10.6 Å². The van der Waals surface area contributed by atoms with E-state index >= 15 is 0 Å². The Labute approximate surface area is 129 Å². The molecule has 2 aliphatic rings. The van der Waals surface area contributed by atoms with Crippen molar-refractivity contribution in [2.75, 3.05) is 0 Å². The molecular weight excluding hydrogens is 276 g/mol. The zero-order valence-corrected chi connectivity index (χ0v) is 12.5. The third-order valence-electron chi connectivity index (χ3n) is 4.34. The van der Waals surface area contributed by atoms with Gasteiger partial charge >= 0.3 is 6.03 Å². The van der Waals surface area contributed by atoms with Crippen LogP contribution in [0.3, 0.4) is 0 Å². The lowest BCUT2D eigenvalue weighted by Gasteiger charge is -2.06. The van der Waals surface area contributed by atoms with Crippen LogP contribution in [0.25, 0.3) is 5.69 Å². The summed E-state index contributed by atoms with van der Waals surface area (Å²) in [5.41, 5.74) is 4.71. The molecule has 5 nitrogen and oxygen atoms in total. The van der Waals surface area contributed by atoms with Crippen LogP contribution in [0, 0.1) is 0 Å². The van der Waals surface area contributed by atoms with Crippen molar-refractivity contribution in [2.24, 2.45) is 0 Å². The van der Waals surface area contributed by atoms with Gasteiger partial charge in [0.05, 0.1) is 17.9 Å². The molecule has 0 radical (unpaired) electrons. The molecule has 0 spiro atoms. The highest BCUT2D eigenvalue weighted by Crippen LogP contribution is 2.27. The Kier molecular flexibility index (Phi) is 3.33. The molecule has 1 saturated carbocycles. The lowest BCUT2D eigenvalue weighted by atomic mass is 10.2. The minimum absolute atomic E-state index is 0.0801. The zero-order chi connectivity index (χ0) is 14.9. The molecule has 4 rings (SSSR count). The molecule has 22 heavy (non-hydrogen) atoms. The van der Waals surface area contributed by atoms with Crippen molar-refractivity contribution in [1.82, 2.24) is 20.4 Å². The first-order chi connectivity index (χ1) is 10.8. The van der Waals surface area contributed by atoms with Gasteiger partial charge in [0.1, 0.15) is 0 Å². The van der Waals surface area contributed by atoms with E-state index in [4.69, 9.17) is 5.10 Å². The summed E-state index contributed by atoms with van der Waals surface area (Å²) >= 11 is 0. The molecule has 0 unspecified atom stereocenters. The minimum Gasteiger partial charge on any atom is -0.335 e. The van der Waals surface area contributed by atoms with E-state index < -0.39 is 0 Å². The Morgan fingerprint density at radius 3 is 2.82 bits per heavy atom. The van der Waals surface area contributed by atoms with Gasteiger partial charge in [0.25, 0.3) is 0 Å². The van der Waals surface area contributed by atoms with Gasteiger partial charge in [0.2, 0.25) is 0 Å². The number of rotatable bonds is 4. The van der Waals surface area contributed by atoms with E-state index in [0.717, 1.165) is 37.1 Å². The number of benzene rings is 1. The molecule has 5 heteroatoms. The quantitative estimate of drug-likeness (QED) is 0.909. The number of para-hydroxylation sites is 1. The Balaban J connectivity index is 1.54. The van der Waals surface area contributed by atoms with E-state index in [-0.39, 0.29) is 6.03 Å². The van der Waals surface area contributed by atoms with Crippen molar-refractivity contribution in [3.63, 3.8) is 0 Å². The number of carbonyl (C=O) groups excluding carboxylic acids is 1. The molecule has 0 saturated heterocycles. The third-order valence-corrected chi connectivity index (χ3v) is 4.34. The summed E-state index contributed by atoms with van der Waals surface area (Å²) in [6.45, 7) is 0.501. The molecule has 0 aliphatic heterocycles. The first kappa shape index (κ1) is 13.4. The molecule has 0 atom stereocenters. The molecule has 114 valence electrons. The van der Waals surface area contributed by atoms with E-state index in [1.165, 1.54) is 17.7 Å². The van der Waals surface area contributed by atoms with Crippen LogP contribution in [0.1, 0.15) is 36.2 Å². The van der Waals surface area contributed by atoms with E-state index in [2.05, 4.69) is 22.8 Å². The molecule has 1 aromatic carbocycles. The van der Waals surface area contributed by atoms with Gasteiger partial charge in [-0.3, -0.25) is 0 Å². The van der Waals surface area contributed by atoms with Gasteiger partial charge in [-0.15, -0.1) is 0 Å². The van der Waals surface area contributed by atoms with Crippen LogP contribution in [-0.4, -0.2) is 21.9 Å². The first-order valence-electron chi connectivity index (χ1n) is 8.01. The second-order valence-corrected chi connectivity index (χ2v) is 6.07. The molecule has 2 N–H and O–H groups in total. The van der Waals surface area contributed by atoms with Crippen LogP contribution in [0.15, 0.2) is 30.3 Å². The summed E-state index contributed by atoms with van der Waals surface area (Å²) in [5, 5.41) is 10.6. The SMILES string of the molecule is O=C(NCc1nn(-c2ccccc2)c2c1CCC2)NC1CC1. The van der Waals surface area contributed by atoms with Gasteiger partial charge in [-0.1, -0.05) is 18.2 Å². The maximum atomic E-state index is 11.8. The zero-order valence-electron chi connectivity index (χ0n) is 12.5. The Hall–Kier alpha value is -2.30. The number of hydrogen-bond acceptors (Lipinski definition) is 2. The molecule has 2 aromatic rings. The van der Waals surface area contributed by atoms with Crippen molar-refractivity contribution in [3.05, 3.63) is 47.3 Å². The van der Waals surface area contributed by atoms with Gasteiger partial charge in [0, 0.05) is 11.7 Å². The van der Waals surface area contributed by atoms with Crippen LogP contribution in [0.2, 0.25) is 0 Å². The summed E-state index contributed by atoms with van der Waals surface area (Å²) in [6, 6.07) is 10.5. The lowest BCUT2D eigenvalue weighted by Crippen LogP contribution is -2.36. The standard InChI is InChI=1S/C17H20N4O/c22-17(19-12-9-10-12)18-11-15-14-7-4-8-16(14)21(20-15)13-5-2-1-3-6-13/h1-3,5-6,12H,4,7-11H2,(H2,18,19,22). The molecule has 1 aromatic heterocycles. The van der Waals surface area contributed by atoms with Crippen LogP contribution < -0.4 is 10.6 Å². The lowest BCUT2D eigenvalue weighted by molar-refractivity contribution is 0.240. The number of fused-ring (bicyclic) bond motifs is 1. The number of hydrogen-bond donors (Lipinski definition) is 2. The maximum absolute atomic E-state index is 11.8. The summed E-state index contributed by atoms with van der Waals surface area (Å²) < 4.78 is 2.04. The van der Waals surface area contributed by atoms with Crippen molar-refractivity contribution in [2.45, 2.75) is 44.7 Å². The largest absolute Gasteiger partial charge is 0.335 e. The normalized spacial score (nSPS) is 16.4. The van der Waals surface area contributed by atoms with Crippen LogP contribution in [0.4, 0.5) is 4.79 Å². The van der Waals surface area contributed by atoms with Gasteiger partial charge in [-0.05, 0) is 49.8 Å². The second kappa shape index (κ2) is 5.48. The number of amides is 2. The monoisotopic (exact) mass is 296 g/mol. The van der Waals surface area contributed by atoms with Crippen molar-refractivity contribution < 1.29 is 4.79 Å². The Bertz CT molecular complexity index is 688. The van der Waals surface area contributed by atoms with E-state index in [9.17, 15) is 4.79 Å². The van der Waals surface area contributed by atoms with Crippen LogP contribution in [0.5, 0.6) is 0 Å². The Morgan fingerprint density at radius 2 is 2.05 bits per heavy atom. The second-order valence-electron chi connectivity index (χ2n) is 6.07. The van der Waals surface area contributed by atoms with Crippen molar-refractivity contribution >= 4 is 6.03 Å². The van der Waals surface area contributed by atoms with Gasteiger partial charge in [0.15, 0.2) is 0 Å². The number of nitrogens with zero attached hydrogens (tertiary/aromatic N) is 2. The van der Waals surface area contributed by atoms with Crippen molar-refractivity contribution in [3.8, 4) is 5.69 Å². The predicted octanol–water partition coefficient (Wildman–Crippen LogP) is 2.32. The van der Waals surface area contributed by atoms with Crippen molar-refractivity contribution in [1.29, 1.82) is 0 Å². The van der Waals surface area contributed by atoms with E-state index in [1.54, 1.807) is 0 Å². The molecular formula is C17H20N4O. The topological polar surface area (TPSA) is 59.0 Å². The highest BCUT2D eigenvalue weighted by molar-refractivity contribution is 5.74. The highest BCUT2D eigenvalue weighted by Gasteiger charge is 2.25. The molecule has 2 aliphatic carbocycles. The molecule has 0 bridgehead atoms. The predicted molar refractivity (Wildman–Crippen MR) is 84.0 cm³/mol. The third kappa shape index (κ3) is 2.58. The first-order valence-corrected chi connectivity index (χ1v) is 8.01. The van der Waals surface area contributed by atoms with Crippen LogP contribution >= 0.6 is 0 Å². The van der Waals surface area contributed by atoms with Gasteiger partial charge in [-0.25, -0.2) is 9.48 Å². The summed E-state index contributed by atoms with van der Waals surface area (Å²) in [4.78, 5) is 11.8. The van der Waals surface area contributed by atoms with E-state index in [1.807, 2.05) is 22.9 Å². The summed E-state index contributed by atoms with van der Waals surface area (Å²) in [7, 11) is 0. The van der Waals surface area contributed by atoms with Gasteiger partial charge in [-0.2, -0.15) is 5.10 Å². The highest BCUT2D eigenvalue weighted by atomic mass is 16.2. The van der Waals surface area contributed by atoms with Crippen LogP contribution in [-0.2, 0) is 19.4 Å². The minimum atomic E-state index is -0.0801. The van der Waals surface area contributed by atoms with E-state index in [0.29, 0.717) is 12.6 Å². The molecule has 2 amide bonds. The number of nitrogens with one attached hydrogen (secondary N) is 2. The number of carbonyl (C=O) groups is 1. The number of aromatic nitrogens is 2. The Morgan fingerprint density at radius 1 is 1.23 bits per heavy atom.